The van der Waals surface area contributed by atoms with Gasteiger partial charge in [-0.25, -0.2) is 0 Å². The lowest BCUT2D eigenvalue weighted by molar-refractivity contribution is -0.121. The van der Waals surface area contributed by atoms with Crippen LogP contribution < -0.4 is 0 Å². The highest BCUT2D eigenvalue weighted by atomic mass is 16.2. The molecule has 0 spiro atoms. The van der Waals surface area contributed by atoms with Crippen molar-refractivity contribution in [2.24, 2.45) is 5.92 Å². The molecule has 1 rings (SSSR count). The number of carbonyl (C=O) groups excluding carboxylic acids is 3. The topological polar surface area (TPSA) is 75.0 Å². The summed E-state index contributed by atoms with van der Waals surface area (Å²) < 4.78 is 0. The van der Waals surface area contributed by atoms with E-state index in [0.717, 1.165) is 0 Å². The molecule has 1 aromatic rings. The molecular formula is C14H13NO3. The summed E-state index contributed by atoms with van der Waals surface area (Å²) in [6.07, 6.45) is 0.469. The molecule has 0 bridgehead atoms. The lowest BCUT2D eigenvalue weighted by atomic mass is 9.89. The van der Waals surface area contributed by atoms with Gasteiger partial charge in [-0.1, -0.05) is 0 Å². The molecule has 1 unspecified atom stereocenters. The van der Waals surface area contributed by atoms with Gasteiger partial charge in [0.1, 0.15) is 12.1 Å². The monoisotopic (exact) mass is 243 g/mol. The van der Waals surface area contributed by atoms with Gasteiger partial charge in [-0.05, 0) is 37.6 Å². The van der Waals surface area contributed by atoms with E-state index in [9.17, 15) is 14.4 Å². The van der Waals surface area contributed by atoms with E-state index in [-0.39, 0.29) is 18.0 Å². The highest BCUT2D eigenvalue weighted by Crippen LogP contribution is 2.17. The van der Waals surface area contributed by atoms with E-state index in [1.165, 1.54) is 19.1 Å². The van der Waals surface area contributed by atoms with Crippen molar-refractivity contribution in [2.75, 3.05) is 0 Å². The number of ketones is 2. The SMILES string of the molecule is CC(=O)C(CC=O)C(=O)c1ccc(C#N)cc1C. The van der Waals surface area contributed by atoms with E-state index < -0.39 is 5.92 Å². The van der Waals surface area contributed by atoms with Gasteiger partial charge in [0.25, 0.3) is 0 Å². The van der Waals surface area contributed by atoms with Crippen molar-refractivity contribution in [3.05, 3.63) is 34.9 Å². The van der Waals surface area contributed by atoms with Crippen molar-refractivity contribution >= 4 is 17.9 Å². The van der Waals surface area contributed by atoms with E-state index in [4.69, 9.17) is 5.26 Å². The largest absolute Gasteiger partial charge is 0.303 e. The van der Waals surface area contributed by atoms with Gasteiger partial charge in [-0.15, -0.1) is 0 Å². The predicted octanol–water partition coefficient (Wildman–Crippen LogP) is 1.84. The maximum Gasteiger partial charge on any atom is 0.174 e. The molecule has 92 valence electrons. The molecule has 4 nitrogen and oxygen atoms in total. The first-order valence-electron chi connectivity index (χ1n) is 5.50. The molecule has 0 radical (unpaired) electrons. The van der Waals surface area contributed by atoms with Gasteiger partial charge < -0.3 is 4.79 Å². The Balaban J connectivity index is 3.13. The van der Waals surface area contributed by atoms with E-state index in [1.807, 2.05) is 6.07 Å². The molecule has 4 heteroatoms. The first-order chi connectivity index (χ1) is 8.51. The Kier molecular flexibility index (Phi) is 4.50. The molecule has 0 aliphatic rings. The third-order valence-electron chi connectivity index (χ3n) is 2.76. The number of aryl methyl sites for hydroxylation is 1. The minimum Gasteiger partial charge on any atom is -0.303 e. The normalized spacial score (nSPS) is 11.4. The Morgan fingerprint density at radius 1 is 1.44 bits per heavy atom. The first-order valence-corrected chi connectivity index (χ1v) is 5.50. The number of carbonyl (C=O) groups is 3. The number of nitriles is 1. The summed E-state index contributed by atoms with van der Waals surface area (Å²) in [5, 5.41) is 8.74. The Labute approximate surface area is 105 Å². The number of Topliss-reactive ketones (excluding diaryl/α,β-unsaturated/α-hetero) is 2. The average molecular weight is 243 g/mol. The molecule has 1 atom stereocenters. The summed E-state index contributed by atoms with van der Waals surface area (Å²) in [6.45, 7) is 3.00. The second kappa shape index (κ2) is 5.87. The maximum atomic E-state index is 12.1. The fourth-order valence-corrected chi connectivity index (χ4v) is 1.75. The van der Waals surface area contributed by atoms with Crippen LogP contribution in [-0.2, 0) is 9.59 Å². The van der Waals surface area contributed by atoms with Crippen LogP contribution in [0.5, 0.6) is 0 Å². The van der Waals surface area contributed by atoms with Crippen molar-refractivity contribution < 1.29 is 14.4 Å². The molecule has 1 aromatic carbocycles. The Morgan fingerprint density at radius 2 is 2.11 bits per heavy atom. The molecule has 18 heavy (non-hydrogen) atoms. The van der Waals surface area contributed by atoms with Crippen molar-refractivity contribution in [1.29, 1.82) is 5.26 Å². The molecule has 0 amide bonds. The first kappa shape index (κ1) is 13.8. The lowest BCUT2D eigenvalue weighted by Gasteiger charge is -2.11. The number of hydrogen-bond acceptors (Lipinski definition) is 4. The highest BCUT2D eigenvalue weighted by Gasteiger charge is 2.25. The summed E-state index contributed by atoms with van der Waals surface area (Å²) >= 11 is 0. The van der Waals surface area contributed by atoms with Gasteiger partial charge in [0, 0.05) is 12.0 Å². The summed E-state index contributed by atoms with van der Waals surface area (Å²) in [6, 6.07) is 6.62. The number of aldehydes is 1. The number of nitrogens with zero attached hydrogens (tertiary/aromatic N) is 1. The van der Waals surface area contributed by atoms with Gasteiger partial charge in [-0.3, -0.25) is 9.59 Å². The van der Waals surface area contributed by atoms with Crippen molar-refractivity contribution in [2.45, 2.75) is 20.3 Å². The highest BCUT2D eigenvalue weighted by molar-refractivity contribution is 6.11. The Bertz CT molecular complexity index is 540. The summed E-state index contributed by atoms with van der Waals surface area (Å²) in [5.74, 6) is -1.61. The zero-order chi connectivity index (χ0) is 13.7. The standard InChI is InChI=1S/C14H13NO3/c1-9-7-11(8-15)3-4-12(9)14(18)13(5-6-16)10(2)17/h3-4,6-7,13H,5H2,1-2H3. The molecule has 0 heterocycles. The van der Waals surface area contributed by atoms with Crippen LogP contribution in [-0.4, -0.2) is 17.9 Å². The van der Waals surface area contributed by atoms with E-state index in [2.05, 4.69) is 0 Å². The van der Waals surface area contributed by atoms with Crippen molar-refractivity contribution in [1.82, 2.24) is 0 Å². The molecule has 0 saturated carbocycles. The van der Waals surface area contributed by atoms with Crippen LogP contribution in [0, 0.1) is 24.2 Å². The zero-order valence-electron chi connectivity index (χ0n) is 10.3. The van der Waals surface area contributed by atoms with Gasteiger partial charge in [-0.2, -0.15) is 5.26 Å². The molecule has 0 saturated heterocycles. The fourth-order valence-electron chi connectivity index (χ4n) is 1.75. The van der Waals surface area contributed by atoms with Crippen molar-refractivity contribution in [3.63, 3.8) is 0 Å². The van der Waals surface area contributed by atoms with Gasteiger partial charge in [0.05, 0.1) is 17.6 Å². The van der Waals surface area contributed by atoms with E-state index >= 15 is 0 Å². The molecular weight excluding hydrogens is 230 g/mol. The lowest BCUT2D eigenvalue weighted by Crippen LogP contribution is -2.23. The van der Waals surface area contributed by atoms with Crippen LogP contribution in [0.3, 0.4) is 0 Å². The average Bonchev–Trinajstić information content (AvgIpc) is 2.34. The van der Waals surface area contributed by atoms with Crippen molar-refractivity contribution in [3.8, 4) is 6.07 Å². The summed E-state index contributed by atoms with van der Waals surface area (Å²) in [5.41, 5.74) is 1.48. The molecule has 0 aromatic heterocycles. The Hall–Kier alpha value is -2.28. The van der Waals surface area contributed by atoms with E-state index in [0.29, 0.717) is 23.0 Å². The predicted molar refractivity (Wildman–Crippen MR) is 65.1 cm³/mol. The third-order valence-corrected chi connectivity index (χ3v) is 2.76. The van der Waals surface area contributed by atoms with Gasteiger partial charge in [0.15, 0.2) is 5.78 Å². The van der Waals surface area contributed by atoms with Crippen LogP contribution in [0.1, 0.15) is 34.8 Å². The smallest absolute Gasteiger partial charge is 0.174 e. The second-order valence-corrected chi connectivity index (χ2v) is 4.07. The minimum absolute atomic E-state index is 0.104. The van der Waals surface area contributed by atoms with Gasteiger partial charge >= 0.3 is 0 Å². The number of hydrogen-bond donors (Lipinski definition) is 0. The van der Waals surface area contributed by atoms with Crippen LogP contribution in [0.2, 0.25) is 0 Å². The van der Waals surface area contributed by atoms with Crippen LogP contribution in [0.4, 0.5) is 0 Å². The fraction of sp³-hybridized carbons (Fsp3) is 0.286. The van der Waals surface area contributed by atoms with E-state index in [1.54, 1.807) is 13.0 Å². The van der Waals surface area contributed by atoms with Crippen LogP contribution >= 0.6 is 0 Å². The number of benzene rings is 1. The Morgan fingerprint density at radius 3 is 2.56 bits per heavy atom. The molecule has 0 N–H and O–H groups in total. The second-order valence-electron chi connectivity index (χ2n) is 4.07. The number of rotatable bonds is 5. The zero-order valence-corrected chi connectivity index (χ0v) is 10.3. The molecule has 0 aliphatic carbocycles. The van der Waals surface area contributed by atoms with Gasteiger partial charge in [0.2, 0.25) is 0 Å². The third kappa shape index (κ3) is 2.89. The van der Waals surface area contributed by atoms with Crippen LogP contribution in [0.25, 0.3) is 0 Å². The molecule has 0 fully saturated rings. The summed E-state index contributed by atoms with van der Waals surface area (Å²) in [4.78, 5) is 34.0. The quantitative estimate of drug-likeness (QED) is 0.449. The van der Waals surface area contributed by atoms with Crippen LogP contribution in [0.15, 0.2) is 18.2 Å². The molecule has 0 aliphatic heterocycles. The minimum atomic E-state index is -0.922. The summed E-state index contributed by atoms with van der Waals surface area (Å²) in [7, 11) is 0. The maximum absolute atomic E-state index is 12.1.